The molecule has 1 aromatic rings. The fourth-order valence-electron chi connectivity index (χ4n) is 1.87. The highest BCUT2D eigenvalue weighted by molar-refractivity contribution is 5.85. The first-order chi connectivity index (χ1) is 8.97. The van der Waals surface area contributed by atoms with E-state index in [9.17, 15) is 18.4 Å². The van der Waals surface area contributed by atoms with E-state index in [0.717, 1.165) is 25.0 Å². The molecule has 1 aliphatic rings. The highest BCUT2D eigenvalue weighted by Gasteiger charge is 2.37. The Morgan fingerprint density at radius 1 is 1.32 bits per heavy atom. The zero-order valence-electron chi connectivity index (χ0n) is 10.0. The van der Waals surface area contributed by atoms with Crippen molar-refractivity contribution in [2.75, 3.05) is 0 Å². The minimum absolute atomic E-state index is 0.0218. The zero-order valence-corrected chi connectivity index (χ0v) is 10.0. The molecule has 6 heteroatoms. The lowest BCUT2D eigenvalue weighted by Gasteiger charge is -2.13. The molecule has 0 bridgehead atoms. The summed E-state index contributed by atoms with van der Waals surface area (Å²) < 4.78 is 25.7. The average Bonchev–Trinajstić information content (AvgIpc) is 3.14. The topological polar surface area (TPSA) is 66.4 Å². The Hall–Kier alpha value is -1.98. The minimum Gasteiger partial charge on any atom is -0.480 e. The van der Waals surface area contributed by atoms with Crippen molar-refractivity contribution < 1.29 is 23.5 Å². The molecule has 1 fully saturated rings. The largest absolute Gasteiger partial charge is 0.480 e. The van der Waals surface area contributed by atoms with Gasteiger partial charge in [0.05, 0.1) is 6.42 Å². The number of aliphatic carboxylic acids is 1. The maximum Gasteiger partial charge on any atom is 0.326 e. The summed E-state index contributed by atoms with van der Waals surface area (Å²) in [5, 5.41) is 11.4. The number of hydrogen-bond acceptors (Lipinski definition) is 2. The van der Waals surface area contributed by atoms with Crippen LogP contribution in [0, 0.1) is 17.6 Å². The molecule has 0 saturated heterocycles. The summed E-state index contributed by atoms with van der Waals surface area (Å²) in [5.74, 6) is -3.61. The molecule has 1 saturated carbocycles. The van der Waals surface area contributed by atoms with Gasteiger partial charge in [-0.2, -0.15) is 0 Å². The maximum atomic E-state index is 13.0. The van der Waals surface area contributed by atoms with Crippen molar-refractivity contribution in [3.05, 3.63) is 35.4 Å². The van der Waals surface area contributed by atoms with E-state index in [0.29, 0.717) is 5.56 Å². The van der Waals surface area contributed by atoms with E-state index >= 15 is 0 Å². The minimum atomic E-state index is -1.07. The molecule has 1 aliphatic carbocycles. The third kappa shape index (κ3) is 3.49. The standard InChI is InChI=1S/C13H13F2NO3/c14-9-4-1-7(5-10(9)15)6-11(17)16-12(13(18)19)8-2-3-8/h1,4-5,8,12H,2-3,6H2,(H,16,17)(H,18,19). The summed E-state index contributed by atoms with van der Waals surface area (Å²) in [5.41, 5.74) is 0.302. The molecule has 1 atom stereocenters. The van der Waals surface area contributed by atoms with Crippen LogP contribution in [0.1, 0.15) is 18.4 Å². The maximum absolute atomic E-state index is 13.0. The molecule has 0 aliphatic heterocycles. The van der Waals surface area contributed by atoms with Crippen molar-refractivity contribution in [2.24, 2.45) is 5.92 Å². The number of hydrogen-bond donors (Lipinski definition) is 2. The number of amides is 1. The van der Waals surface area contributed by atoms with Crippen molar-refractivity contribution in [3.8, 4) is 0 Å². The van der Waals surface area contributed by atoms with Crippen LogP contribution in [0.15, 0.2) is 18.2 Å². The van der Waals surface area contributed by atoms with Gasteiger partial charge in [0, 0.05) is 0 Å². The first kappa shape index (κ1) is 13.5. The van der Waals surface area contributed by atoms with Gasteiger partial charge in [-0.3, -0.25) is 4.79 Å². The Balaban J connectivity index is 1.96. The number of carboxylic acids is 1. The molecule has 2 N–H and O–H groups in total. The van der Waals surface area contributed by atoms with E-state index in [1.54, 1.807) is 0 Å². The highest BCUT2D eigenvalue weighted by atomic mass is 19.2. The van der Waals surface area contributed by atoms with Gasteiger partial charge >= 0.3 is 5.97 Å². The van der Waals surface area contributed by atoms with Crippen molar-refractivity contribution in [3.63, 3.8) is 0 Å². The SMILES string of the molecule is O=C(Cc1ccc(F)c(F)c1)NC(C(=O)O)C1CC1. The number of benzene rings is 1. The van der Waals surface area contributed by atoms with Gasteiger partial charge in [0.1, 0.15) is 6.04 Å². The van der Waals surface area contributed by atoms with Crippen LogP contribution in [-0.2, 0) is 16.0 Å². The number of rotatable bonds is 5. The summed E-state index contributed by atoms with van der Waals surface area (Å²) in [6.07, 6.45) is 1.39. The summed E-state index contributed by atoms with van der Waals surface area (Å²) in [6, 6.07) is 2.28. The molecule has 1 aromatic carbocycles. The highest BCUT2D eigenvalue weighted by Crippen LogP contribution is 2.32. The van der Waals surface area contributed by atoms with Crippen LogP contribution >= 0.6 is 0 Å². The Morgan fingerprint density at radius 2 is 2.00 bits per heavy atom. The monoisotopic (exact) mass is 269 g/mol. The van der Waals surface area contributed by atoms with Gasteiger partial charge in [-0.1, -0.05) is 6.07 Å². The van der Waals surface area contributed by atoms with E-state index in [1.807, 2.05) is 0 Å². The molecule has 1 amide bonds. The Labute approximate surface area is 108 Å². The third-order valence-corrected chi connectivity index (χ3v) is 3.02. The molecule has 102 valence electrons. The van der Waals surface area contributed by atoms with Gasteiger partial charge in [0.15, 0.2) is 11.6 Å². The van der Waals surface area contributed by atoms with Gasteiger partial charge in [-0.25, -0.2) is 13.6 Å². The van der Waals surface area contributed by atoms with E-state index < -0.39 is 29.6 Å². The molecule has 0 radical (unpaired) electrons. The van der Waals surface area contributed by atoms with Gasteiger partial charge in [0.2, 0.25) is 5.91 Å². The first-order valence-corrected chi connectivity index (χ1v) is 5.93. The lowest BCUT2D eigenvalue weighted by Crippen LogP contribution is -2.43. The molecule has 1 unspecified atom stereocenters. The second kappa shape index (κ2) is 5.34. The second-order valence-corrected chi connectivity index (χ2v) is 4.65. The number of carbonyl (C=O) groups excluding carboxylic acids is 1. The van der Waals surface area contributed by atoms with Crippen LogP contribution < -0.4 is 5.32 Å². The lowest BCUT2D eigenvalue weighted by atomic mass is 10.1. The van der Waals surface area contributed by atoms with Crippen molar-refractivity contribution in [1.82, 2.24) is 5.32 Å². The van der Waals surface area contributed by atoms with E-state index in [2.05, 4.69) is 5.32 Å². The zero-order chi connectivity index (χ0) is 14.0. The normalized spacial score (nSPS) is 15.9. The van der Waals surface area contributed by atoms with Crippen molar-refractivity contribution in [2.45, 2.75) is 25.3 Å². The summed E-state index contributed by atoms with van der Waals surface area (Å²) >= 11 is 0. The van der Waals surface area contributed by atoms with Crippen molar-refractivity contribution in [1.29, 1.82) is 0 Å². The van der Waals surface area contributed by atoms with Gasteiger partial charge < -0.3 is 10.4 Å². The fourth-order valence-corrected chi connectivity index (χ4v) is 1.87. The molecule has 0 spiro atoms. The van der Waals surface area contributed by atoms with E-state index in [-0.39, 0.29) is 12.3 Å². The molecular weight excluding hydrogens is 256 g/mol. The second-order valence-electron chi connectivity index (χ2n) is 4.65. The summed E-state index contributed by atoms with van der Waals surface area (Å²) in [4.78, 5) is 22.6. The van der Waals surface area contributed by atoms with Gasteiger partial charge in [0.25, 0.3) is 0 Å². The molecule has 19 heavy (non-hydrogen) atoms. The quantitative estimate of drug-likeness (QED) is 0.851. The van der Waals surface area contributed by atoms with Crippen LogP contribution in [0.4, 0.5) is 8.78 Å². The first-order valence-electron chi connectivity index (χ1n) is 5.93. The van der Waals surface area contributed by atoms with E-state index in [4.69, 9.17) is 5.11 Å². The predicted molar refractivity (Wildman–Crippen MR) is 62.4 cm³/mol. The van der Waals surface area contributed by atoms with Crippen LogP contribution in [0.3, 0.4) is 0 Å². The lowest BCUT2D eigenvalue weighted by molar-refractivity contribution is -0.142. The van der Waals surface area contributed by atoms with Crippen LogP contribution in [0.2, 0.25) is 0 Å². The average molecular weight is 269 g/mol. The molecule has 2 rings (SSSR count). The molecule has 4 nitrogen and oxygen atoms in total. The molecule has 0 heterocycles. The fraction of sp³-hybridized carbons (Fsp3) is 0.385. The molecule has 0 aromatic heterocycles. The number of carboxylic acid groups (broad SMARTS) is 1. The smallest absolute Gasteiger partial charge is 0.326 e. The number of nitrogens with one attached hydrogen (secondary N) is 1. The Morgan fingerprint density at radius 3 is 2.53 bits per heavy atom. The van der Waals surface area contributed by atoms with Crippen LogP contribution in [-0.4, -0.2) is 23.0 Å². The Bertz CT molecular complexity index is 515. The van der Waals surface area contributed by atoms with Crippen LogP contribution in [0.25, 0.3) is 0 Å². The Kier molecular flexibility index (Phi) is 3.78. The van der Waals surface area contributed by atoms with Gasteiger partial charge in [-0.15, -0.1) is 0 Å². The number of halogens is 2. The van der Waals surface area contributed by atoms with Gasteiger partial charge in [-0.05, 0) is 36.5 Å². The summed E-state index contributed by atoms with van der Waals surface area (Å²) in [7, 11) is 0. The molecular formula is C13H13F2NO3. The van der Waals surface area contributed by atoms with E-state index in [1.165, 1.54) is 6.07 Å². The summed E-state index contributed by atoms with van der Waals surface area (Å²) in [6.45, 7) is 0. The third-order valence-electron chi connectivity index (χ3n) is 3.02. The number of carbonyl (C=O) groups is 2. The predicted octanol–water partition coefficient (Wildman–Crippen LogP) is 1.49. The van der Waals surface area contributed by atoms with Crippen LogP contribution in [0.5, 0.6) is 0 Å². The van der Waals surface area contributed by atoms with Crippen molar-refractivity contribution >= 4 is 11.9 Å².